The van der Waals surface area contributed by atoms with Crippen molar-refractivity contribution >= 4 is 27.3 Å². The Balaban J connectivity index is 2.18. The van der Waals surface area contributed by atoms with E-state index in [1.54, 1.807) is 0 Å². The summed E-state index contributed by atoms with van der Waals surface area (Å²) in [6, 6.07) is 11.5. The average Bonchev–Trinajstić information content (AvgIpc) is 2.72. The van der Waals surface area contributed by atoms with Gasteiger partial charge in [-0.05, 0) is 54.4 Å². The molecule has 102 valence electrons. The van der Waals surface area contributed by atoms with Crippen LogP contribution in [0.4, 0.5) is 0 Å². The van der Waals surface area contributed by atoms with Gasteiger partial charge in [0.25, 0.3) is 0 Å². The van der Waals surface area contributed by atoms with E-state index in [1.165, 1.54) is 25.4 Å². The van der Waals surface area contributed by atoms with E-state index in [2.05, 4.69) is 72.3 Å². The first-order valence-electron chi connectivity index (χ1n) is 6.65. The summed E-state index contributed by atoms with van der Waals surface area (Å²) in [7, 11) is 0. The van der Waals surface area contributed by atoms with Gasteiger partial charge in [-0.3, -0.25) is 0 Å². The Hall–Kier alpha value is -0.640. The van der Waals surface area contributed by atoms with Gasteiger partial charge < -0.3 is 5.32 Å². The number of likely N-dealkylation sites (N-methyl/N-ethyl adjacent to an activating group) is 1. The molecule has 0 fully saturated rings. The third kappa shape index (κ3) is 3.91. The summed E-state index contributed by atoms with van der Waals surface area (Å²) in [5.74, 6) is 0. The van der Waals surface area contributed by atoms with E-state index in [9.17, 15) is 0 Å². The fourth-order valence-corrected chi connectivity index (χ4v) is 3.77. The van der Waals surface area contributed by atoms with Gasteiger partial charge in [0, 0.05) is 20.3 Å². The first-order chi connectivity index (χ1) is 9.10. The second-order valence-electron chi connectivity index (χ2n) is 4.85. The molecule has 0 aliphatic rings. The number of rotatable bonds is 5. The van der Waals surface area contributed by atoms with Crippen molar-refractivity contribution in [1.82, 2.24) is 5.32 Å². The van der Waals surface area contributed by atoms with Crippen LogP contribution in [0.2, 0.25) is 0 Å². The second kappa shape index (κ2) is 6.69. The van der Waals surface area contributed by atoms with E-state index in [0.29, 0.717) is 6.04 Å². The van der Waals surface area contributed by atoms with Gasteiger partial charge in [-0.1, -0.05) is 36.8 Å². The molecule has 1 atom stereocenters. The van der Waals surface area contributed by atoms with Crippen molar-refractivity contribution in [2.24, 2.45) is 0 Å². The molecule has 0 saturated heterocycles. The number of halogens is 1. The van der Waals surface area contributed by atoms with Crippen LogP contribution in [0.1, 0.15) is 33.8 Å². The van der Waals surface area contributed by atoms with Gasteiger partial charge in [-0.15, -0.1) is 11.3 Å². The first kappa shape index (κ1) is 14.8. The fraction of sp³-hybridized carbons (Fsp3) is 0.375. The largest absolute Gasteiger partial charge is 0.309 e. The Kier molecular flexibility index (Phi) is 5.20. The molecule has 1 aromatic heterocycles. The standard InChI is InChI=1S/C16H20BrNS/c1-4-18-15(16-10-14(17)12(3)19-16)9-13-7-5-11(2)6-8-13/h5-8,10,15,18H,4,9H2,1-3H3. The van der Waals surface area contributed by atoms with Crippen LogP contribution in [0.5, 0.6) is 0 Å². The molecule has 1 aromatic carbocycles. The molecule has 0 aliphatic carbocycles. The van der Waals surface area contributed by atoms with Gasteiger partial charge in [0.2, 0.25) is 0 Å². The fourth-order valence-electron chi connectivity index (χ4n) is 2.13. The number of aryl methyl sites for hydroxylation is 2. The van der Waals surface area contributed by atoms with Crippen molar-refractivity contribution < 1.29 is 0 Å². The highest BCUT2D eigenvalue weighted by molar-refractivity contribution is 9.10. The molecule has 2 aromatic rings. The Morgan fingerprint density at radius 2 is 1.89 bits per heavy atom. The van der Waals surface area contributed by atoms with Crippen molar-refractivity contribution in [3.8, 4) is 0 Å². The zero-order valence-corrected chi connectivity index (χ0v) is 14.1. The molecular formula is C16H20BrNS. The third-order valence-electron chi connectivity index (χ3n) is 3.23. The maximum absolute atomic E-state index is 3.61. The van der Waals surface area contributed by atoms with E-state index < -0.39 is 0 Å². The number of hydrogen-bond donors (Lipinski definition) is 1. The molecular weight excluding hydrogens is 318 g/mol. The predicted molar refractivity (Wildman–Crippen MR) is 88.1 cm³/mol. The van der Waals surface area contributed by atoms with Crippen LogP contribution in [0.25, 0.3) is 0 Å². The maximum Gasteiger partial charge on any atom is 0.0456 e. The highest BCUT2D eigenvalue weighted by Gasteiger charge is 2.15. The molecule has 0 amide bonds. The lowest BCUT2D eigenvalue weighted by molar-refractivity contribution is 0.558. The zero-order chi connectivity index (χ0) is 13.8. The number of benzene rings is 1. The van der Waals surface area contributed by atoms with Crippen LogP contribution in [-0.2, 0) is 6.42 Å². The summed E-state index contributed by atoms with van der Waals surface area (Å²) < 4.78 is 1.22. The van der Waals surface area contributed by atoms with Gasteiger partial charge in [0.1, 0.15) is 0 Å². The molecule has 1 N–H and O–H groups in total. The van der Waals surface area contributed by atoms with E-state index in [0.717, 1.165) is 13.0 Å². The van der Waals surface area contributed by atoms with Crippen molar-refractivity contribution in [3.05, 3.63) is 55.7 Å². The minimum absolute atomic E-state index is 0.405. The molecule has 0 bridgehead atoms. The molecule has 1 unspecified atom stereocenters. The minimum Gasteiger partial charge on any atom is -0.309 e. The lowest BCUT2D eigenvalue weighted by atomic mass is 10.0. The Morgan fingerprint density at radius 3 is 2.42 bits per heavy atom. The molecule has 0 radical (unpaired) electrons. The average molecular weight is 338 g/mol. The minimum atomic E-state index is 0.405. The van der Waals surface area contributed by atoms with E-state index in [4.69, 9.17) is 0 Å². The maximum atomic E-state index is 3.61. The lowest BCUT2D eigenvalue weighted by Gasteiger charge is -2.16. The number of hydrogen-bond acceptors (Lipinski definition) is 2. The van der Waals surface area contributed by atoms with Crippen LogP contribution < -0.4 is 5.32 Å². The normalized spacial score (nSPS) is 12.6. The van der Waals surface area contributed by atoms with Gasteiger partial charge >= 0.3 is 0 Å². The summed E-state index contributed by atoms with van der Waals surface area (Å²) in [4.78, 5) is 2.76. The van der Waals surface area contributed by atoms with Crippen molar-refractivity contribution in [2.45, 2.75) is 33.2 Å². The van der Waals surface area contributed by atoms with Crippen LogP contribution in [-0.4, -0.2) is 6.54 Å². The summed E-state index contributed by atoms with van der Waals surface area (Å²) in [6.07, 6.45) is 1.04. The van der Waals surface area contributed by atoms with Crippen molar-refractivity contribution in [2.75, 3.05) is 6.54 Å². The van der Waals surface area contributed by atoms with E-state index in [1.807, 2.05) is 11.3 Å². The van der Waals surface area contributed by atoms with E-state index >= 15 is 0 Å². The van der Waals surface area contributed by atoms with Gasteiger partial charge in [-0.2, -0.15) is 0 Å². The quantitative estimate of drug-likeness (QED) is 0.807. The van der Waals surface area contributed by atoms with Crippen LogP contribution >= 0.6 is 27.3 Å². The van der Waals surface area contributed by atoms with E-state index in [-0.39, 0.29) is 0 Å². The second-order valence-corrected chi connectivity index (χ2v) is 7.00. The summed E-state index contributed by atoms with van der Waals surface area (Å²) in [6.45, 7) is 7.45. The molecule has 3 heteroatoms. The van der Waals surface area contributed by atoms with Crippen molar-refractivity contribution in [3.63, 3.8) is 0 Å². The molecule has 0 spiro atoms. The van der Waals surface area contributed by atoms with Crippen LogP contribution in [0.3, 0.4) is 0 Å². The number of nitrogens with one attached hydrogen (secondary N) is 1. The van der Waals surface area contributed by atoms with Crippen molar-refractivity contribution in [1.29, 1.82) is 0 Å². The smallest absolute Gasteiger partial charge is 0.0456 e. The van der Waals surface area contributed by atoms with Crippen LogP contribution in [0, 0.1) is 13.8 Å². The predicted octanol–water partition coefficient (Wildman–Crippen LogP) is 5.02. The van der Waals surface area contributed by atoms with Gasteiger partial charge in [0.05, 0.1) is 0 Å². The highest BCUT2D eigenvalue weighted by atomic mass is 79.9. The Labute approximate surface area is 128 Å². The zero-order valence-electron chi connectivity index (χ0n) is 11.7. The molecule has 2 rings (SSSR count). The summed E-state index contributed by atoms with van der Waals surface area (Å²) >= 11 is 5.49. The molecule has 0 aliphatic heterocycles. The molecule has 1 nitrogen and oxygen atoms in total. The van der Waals surface area contributed by atoms with Gasteiger partial charge in [0.15, 0.2) is 0 Å². The number of thiophene rings is 1. The Morgan fingerprint density at radius 1 is 1.21 bits per heavy atom. The SMILES string of the molecule is CCNC(Cc1ccc(C)cc1)c1cc(Br)c(C)s1. The first-order valence-corrected chi connectivity index (χ1v) is 8.26. The lowest BCUT2D eigenvalue weighted by Crippen LogP contribution is -2.22. The monoisotopic (exact) mass is 337 g/mol. The molecule has 1 heterocycles. The van der Waals surface area contributed by atoms with Crippen LogP contribution in [0.15, 0.2) is 34.8 Å². The third-order valence-corrected chi connectivity index (χ3v) is 5.48. The van der Waals surface area contributed by atoms with Gasteiger partial charge in [-0.25, -0.2) is 0 Å². The topological polar surface area (TPSA) is 12.0 Å². The molecule has 0 saturated carbocycles. The Bertz CT molecular complexity index is 511. The summed E-state index contributed by atoms with van der Waals surface area (Å²) in [5.41, 5.74) is 2.71. The molecule has 19 heavy (non-hydrogen) atoms. The highest BCUT2D eigenvalue weighted by Crippen LogP contribution is 2.32. The summed E-state index contributed by atoms with van der Waals surface area (Å²) in [5, 5.41) is 3.59.